The van der Waals surface area contributed by atoms with Crippen molar-refractivity contribution in [2.24, 2.45) is 0 Å². The number of benzene rings is 1. The van der Waals surface area contributed by atoms with Gasteiger partial charge < -0.3 is 10.1 Å². The van der Waals surface area contributed by atoms with Crippen molar-refractivity contribution in [2.75, 3.05) is 13.1 Å². The molecule has 0 amide bonds. The van der Waals surface area contributed by atoms with Gasteiger partial charge in [0.15, 0.2) is 11.6 Å². The summed E-state index contributed by atoms with van der Waals surface area (Å²) in [6.45, 7) is 3.60. The molecular formula is C12H16FNO. The van der Waals surface area contributed by atoms with E-state index in [1.165, 1.54) is 0 Å². The Kier molecular flexibility index (Phi) is 3.21. The number of rotatable bonds is 2. The third-order valence-corrected chi connectivity index (χ3v) is 2.70. The van der Waals surface area contributed by atoms with Crippen LogP contribution in [0.15, 0.2) is 18.2 Å². The third-order valence-electron chi connectivity index (χ3n) is 2.70. The molecule has 3 heteroatoms. The number of hydrogen-bond donors (Lipinski definition) is 1. The van der Waals surface area contributed by atoms with E-state index in [4.69, 9.17) is 4.74 Å². The van der Waals surface area contributed by atoms with Crippen LogP contribution >= 0.6 is 0 Å². The first-order valence-corrected chi connectivity index (χ1v) is 5.40. The summed E-state index contributed by atoms with van der Waals surface area (Å²) in [6, 6.07) is 5.27. The van der Waals surface area contributed by atoms with Crippen LogP contribution in [0.1, 0.15) is 18.4 Å². The van der Waals surface area contributed by atoms with Gasteiger partial charge in [-0.2, -0.15) is 0 Å². The van der Waals surface area contributed by atoms with E-state index < -0.39 is 0 Å². The second kappa shape index (κ2) is 4.62. The standard InChI is InChI=1S/C12H16FNO/c1-9-4-2-6-11(12(9)13)15-10-5-3-7-14-8-10/h2,4,6,10,14H,3,5,7-8H2,1H3. The Bertz CT molecular complexity index is 334. The maximum absolute atomic E-state index is 13.6. The first kappa shape index (κ1) is 10.4. The van der Waals surface area contributed by atoms with E-state index in [1.54, 1.807) is 19.1 Å². The lowest BCUT2D eigenvalue weighted by atomic mass is 10.1. The van der Waals surface area contributed by atoms with E-state index in [0.717, 1.165) is 25.9 Å². The molecule has 0 spiro atoms. The summed E-state index contributed by atoms with van der Waals surface area (Å²) in [5.74, 6) is 0.145. The zero-order chi connectivity index (χ0) is 10.7. The number of nitrogens with one attached hydrogen (secondary N) is 1. The SMILES string of the molecule is Cc1cccc(OC2CCCNC2)c1F. The maximum atomic E-state index is 13.6. The van der Waals surface area contributed by atoms with Gasteiger partial charge in [0.1, 0.15) is 6.10 Å². The number of ether oxygens (including phenoxy) is 1. The van der Waals surface area contributed by atoms with Crippen molar-refractivity contribution in [3.8, 4) is 5.75 Å². The smallest absolute Gasteiger partial charge is 0.167 e. The van der Waals surface area contributed by atoms with Crippen molar-refractivity contribution in [3.05, 3.63) is 29.6 Å². The van der Waals surface area contributed by atoms with Gasteiger partial charge in [-0.1, -0.05) is 12.1 Å². The lowest BCUT2D eigenvalue weighted by Gasteiger charge is -2.24. The summed E-state index contributed by atoms with van der Waals surface area (Å²) in [7, 11) is 0. The summed E-state index contributed by atoms with van der Waals surface area (Å²) in [6.07, 6.45) is 2.20. The van der Waals surface area contributed by atoms with Crippen LogP contribution in [-0.2, 0) is 0 Å². The Balaban J connectivity index is 2.06. The van der Waals surface area contributed by atoms with Crippen LogP contribution in [0.25, 0.3) is 0 Å². The second-order valence-corrected chi connectivity index (χ2v) is 3.97. The molecule has 0 aliphatic carbocycles. The summed E-state index contributed by atoms with van der Waals surface area (Å²) in [5, 5.41) is 3.24. The molecule has 0 saturated carbocycles. The normalized spacial score (nSPS) is 21.3. The fraction of sp³-hybridized carbons (Fsp3) is 0.500. The first-order chi connectivity index (χ1) is 7.27. The van der Waals surface area contributed by atoms with E-state index in [0.29, 0.717) is 11.3 Å². The highest BCUT2D eigenvalue weighted by atomic mass is 19.1. The number of aryl methyl sites for hydroxylation is 1. The van der Waals surface area contributed by atoms with E-state index >= 15 is 0 Å². The molecule has 1 aromatic carbocycles. The lowest BCUT2D eigenvalue weighted by Crippen LogP contribution is -2.37. The minimum Gasteiger partial charge on any atom is -0.486 e. The average molecular weight is 209 g/mol. The molecule has 2 rings (SSSR count). The molecule has 1 aromatic rings. The van der Waals surface area contributed by atoms with Gasteiger partial charge in [-0.3, -0.25) is 0 Å². The summed E-state index contributed by atoms with van der Waals surface area (Å²) in [5.41, 5.74) is 0.635. The molecule has 0 radical (unpaired) electrons. The van der Waals surface area contributed by atoms with Crippen molar-refractivity contribution in [1.29, 1.82) is 0 Å². The molecule has 1 N–H and O–H groups in total. The molecule has 82 valence electrons. The molecule has 1 aliphatic heterocycles. The molecule has 1 heterocycles. The van der Waals surface area contributed by atoms with Crippen LogP contribution in [0.3, 0.4) is 0 Å². The molecule has 0 bridgehead atoms. The van der Waals surface area contributed by atoms with Gasteiger partial charge in [0, 0.05) is 6.54 Å². The lowest BCUT2D eigenvalue weighted by molar-refractivity contribution is 0.160. The van der Waals surface area contributed by atoms with Crippen LogP contribution in [0.2, 0.25) is 0 Å². The largest absolute Gasteiger partial charge is 0.486 e. The van der Waals surface area contributed by atoms with Crippen LogP contribution in [0.4, 0.5) is 4.39 Å². The second-order valence-electron chi connectivity index (χ2n) is 3.97. The molecule has 0 aromatic heterocycles. The van der Waals surface area contributed by atoms with Crippen LogP contribution in [0.5, 0.6) is 5.75 Å². The highest BCUT2D eigenvalue weighted by Gasteiger charge is 2.16. The third kappa shape index (κ3) is 2.48. The molecule has 2 nitrogen and oxygen atoms in total. The van der Waals surface area contributed by atoms with Gasteiger partial charge in [0.25, 0.3) is 0 Å². The highest BCUT2D eigenvalue weighted by Crippen LogP contribution is 2.22. The Labute approximate surface area is 89.4 Å². The van der Waals surface area contributed by atoms with Crippen molar-refractivity contribution in [2.45, 2.75) is 25.9 Å². The van der Waals surface area contributed by atoms with Gasteiger partial charge in [-0.05, 0) is 37.9 Å². The zero-order valence-electron chi connectivity index (χ0n) is 8.92. The van der Waals surface area contributed by atoms with E-state index in [1.807, 2.05) is 6.07 Å². The van der Waals surface area contributed by atoms with E-state index in [2.05, 4.69) is 5.32 Å². The fourth-order valence-corrected chi connectivity index (χ4v) is 1.81. The molecule has 1 unspecified atom stereocenters. The minimum absolute atomic E-state index is 0.107. The van der Waals surface area contributed by atoms with E-state index in [-0.39, 0.29) is 11.9 Å². The Morgan fingerprint density at radius 3 is 3.07 bits per heavy atom. The topological polar surface area (TPSA) is 21.3 Å². The van der Waals surface area contributed by atoms with Crippen molar-refractivity contribution >= 4 is 0 Å². The van der Waals surface area contributed by atoms with Gasteiger partial charge in [-0.15, -0.1) is 0 Å². The van der Waals surface area contributed by atoms with Crippen molar-refractivity contribution in [1.82, 2.24) is 5.32 Å². The van der Waals surface area contributed by atoms with E-state index in [9.17, 15) is 4.39 Å². The van der Waals surface area contributed by atoms with Gasteiger partial charge >= 0.3 is 0 Å². The van der Waals surface area contributed by atoms with Gasteiger partial charge in [0.2, 0.25) is 0 Å². The Morgan fingerprint density at radius 1 is 1.47 bits per heavy atom. The summed E-state index contributed by atoms with van der Waals surface area (Å²) in [4.78, 5) is 0. The monoisotopic (exact) mass is 209 g/mol. The zero-order valence-corrected chi connectivity index (χ0v) is 8.92. The Morgan fingerprint density at radius 2 is 2.33 bits per heavy atom. The number of halogens is 1. The van der Waals surface area contributed by atoms with Crippen LogP contribution in [0, 0.1) is 12.7 Å². The molecule has 1 atom stereocenters. The van der Waals surface area contributed by atoms with Crippen LogP contribution in [-0.4, -0.2) is 19.2 Å². The predicted molar refractivity (Wildman–Crippen MR) is 57.7 cm³/mol. The molecule has 15 heavy (non-hydrogen) atoms. The summed E-state index contributed by atoms with van der Waals surface area (Å²) < 4.78 is 19.2. The number of hydrogen-bond acceptors (Lipinski definition) is 2. The number of piperidine rings is 1. The van der Waals surface area contributed by atoms with Crippen molar-refractivity contribution in [3.63, 3.8) is 0 Å². The summed E-state index contributed by atoms with van der Waals surface area (Å²) >= 11 is 0. The molecule has 1 saturated heterocycles. The predicted octanol–water partition coefficient (Wildman–Crippen LogP) is 2.26. The molecule has 1 fully saturated rings. The minimum atomic E-state index is -0.233. The molecule has 1 aliphatic rings. The van der Waals surface area contributed by atoms with Gasteiger partial charge in [0.05, 0.1) is 0 Å². The Hall–Kier alpha value is -1.09. The van der Waals surface area contributed by atoms with Crippen molar-refractivity contribution < 1.29 is 9.13 Å². The quantitative estimate of drug-likeness (QED) is 0.806. The maximum Gasteiger partial charge on any atom is 0.167 e. The van der Waals surface area contributed by atoms with Crippen LogP contribution < -0.4 is 10.1 Å². The van der Waals surface area contributed by atoms with Gasteiger partial charge in [-0.25, -0.2) is 4.39 Å². The highest BCUT2D eigenvalue weighted by molar-refractivity contribution is 5.30. The molecular weight excluding hydrogens is 193 g/mol. The average Bonchev–Trinajstić information content (AvgIpc) is 2.26. The first-order valence-electron chi connectivity index (χ1n) is 5.40. The fourth-order valence-electron chi connectivity index (χ4n) is 1.81.